The van der Waals surface area contributed by atoms with Gasteiger partial charge in [-0.25, -0.2) is 0 Å². The predicted molar refractivity (Wildman–Crippen MR) is 72.5 cm³/mol. The normalized spacial score (nSPS) is 12.4. The number of aromatic nitrogens is 1. The molecule has 2 heteroatoms. The molecule has 0 aliphatic heterocycles. The van der Waals surface area contributed by atoms with Crippen LogP contribution >= 0.6 is 11.6 Å². The average Bonchev–Trinajstić information content (AvgIpc) is 2.29. The molecular weight excluding hydrogens is 230 g/mol. The summed E-state index contributed by atoms with van der Waals surface area (Å²) in [6.07, 6.45) is 2.58. The van der Waals surface area contributed by atoms with Crippen molar-refractivity contribution in [3.05, 3.63) is 65.0 Å². The van der Waals surface area contributed by atoms with E-state index in [2.05, 4.69) is 37.0 Å². The fraction of sp³-hybridized carbons (Fsp3) is 0.267. The number of benzene rings is 1. The van der Waals surface area contributed by atoms with Gasteiger partial charge in [0.15, 0.2) is 0 Å². The standard InChI is InChI=1S/C15H16ClN/c1-11-7-12(2)9-13(8-11)15(16)10-14-5-3-4-6-17-14/h3-9,15H,10H2,1-2H3. The van der Waals surface area contributed by atoms with Crippen LogP contribution in [0.3, 0.4) is 0 Å². The fourth-order valence-corrected chi connectivity index (χ4v) is 2.30. The van der Waals surface area contributed by atoms with Crippen molar-refractivity contribution in [1.29, 1.82) is 0 Å². The summed E-state index contributed by atoms with van der Waals surface area (Å²) >= 11 is 6.44. The number of pyridine rings is 1. The van der Waals surface area contributed by atoms with Crippen LogP contribution < -0.4 is 0 Å². The maximum atomic E-state index is 6.44. The number of alkyl halides is 1. The van der Waals surface area contributed by atoms with E-state index in [1.165, 1.54) is 16.7 Å². The lowest BCUT2D eigenvalue weighted by molar-refractivity contribution is 0.878. The first-order valence-corrected chi connectivity index (χ1v) is 6.21. The van der Waals surface area contributed by atoms with Crippen LogP contribution in [0.25, 0.3) is 0 Å². The molecule has 0 saturated heterocycles. The minimum atomic E-state index is -0.0106. The number of hydrogen-bond acceptors (Lipinski definition) is 1. The maximum absolute atomic E-state index is 6.44. The lowest BCUT2D eigenvalue weighted by atomic mass is 10.0. The van der Waals surface area contributed by atoms with Crippen LogP contribution in [0.2, 0.25) is 0 Å². The van der Waals surface area contributed by atoms with Gasteiger partial charge < -0.3 is 0 Å². The highest BCUT2D eigenvalue weighted by molar-refractivity contribution is 6.20. The van der Waals surface area contributed by atoms with Gasteiger partial charge in [0.25, 0.3) is 0 Å². The van der Waals surface area contributed by atoms with Gasteiger partial charge in [-0.3, -0.25) is 4.98 Å². The van der Waals surface area contributed by atoms with E-state index in [9.17, 15) is 0 Å². The lowest BCUT2D eigenvalue weighted by Gasteiger charge is -2.11. The Morgan fingerprint density at radius 3 is 2.41 bits per heavy atom. The minimum absolute atomic E-state index is 0.0106. The van der Waals surface area contributed by atoms with Gasteiger partial charge in [0.05, 0.1) is 5.38 Å². The van der Waals surface area contributed by atoms with Crippen molar-refractivity contribution in [2.45, 2.75) is 25.6 Å². The summed E-state index contributed by atoms with van der Waals surface area (Å²) in [4.78, 5) is 4.30. The average molecular weight is 246 g/mol. The summed E-state index contributed by atoms with van der Waals surface area (Å²) in [6.45, 7) is 4.20. The SMILES string of the molecule is Cc1cc(C)cc(C(Cl)Cc2ccccn2)c1. The predicted octanol–water partition coefficient (Wildman–Crippen LogP) is 4.22. The number of halogens is 1. The summed E-state index contributed by atoms with van der Waals surface area (Å²) in [5.74, 6) is 0. The van der Waals surface area contributed by atoms with Crippen LogP contribution in [0, 0.1) is 13.8 Å². The molecule has 1 unspecified atom stereocenters. The molecule has 88 valence electrons. The van der Waals surface area contributed by atoms with Gasteiger partial charge in [0.1, 0.15) is 0 Å². The zero-order chi connectivity index (χ0) is 12.3. The van der Waals surface area contributed by atoms with Crippen LogP contribution in [0.15, 0.2) is 42.6 Å². The third kappa shape index (κ3) is 3.31. The highest BCUT2D eigenvalue weighted by Crippen LogP contribution is 2.26. The largest absolute Gasteiger partial charge is 0.261 e. The van der Waals surface area contributed by atoms with Crippen molar-refractivity contribution in [2.75, 3.05) is 0 Å². The molecule has 2 aromatic rings. The molecular formula is C15H16ClN. The second-order valence-corrected chi connectivity index (χ2v) is 4.94. The molecule has 0 aliphatic carbocycles. The molecule has 1 heterocycles. The Morgan fingerprint density at radius 2 is 1.82 bits per heavy atom. The van der Waals surface area contributed by atoms with Gasteiger partial charge in [-0.1, -0.05) is 35.4 Å². The summed E-state index contributed by atoms with van der Waals surface area (Å²) in [5.41, 5.74) is 4.72. The molecule has 17 heavy (non-hydrogen) atoms. The Kier molecular flexibility index (Phi) is 3.80. The molecule has 0 saturated carbocycles. The van der Waals surface area contributed by atoms with Crippen molar-refractivity contribution >= 4 is 11.6 Å². The molecule has 0 amide bonds. The molecule has 0 radical (unpaired) electrons. The van der Waals surface area contributed by atoms with Gasteiger partial charge in [-0.05, 0) is 31.5 Å². The lowest BCUT2D eigenvalue weighted by Crippen LogP contribution is -1.98. The van der Waals surface area contributed by atoms with Gasteiger partial charge in [-0.2, -0.15) is 0 Å². The fourth-order valence-electron chi connectivity index (χ4n) is 2.01. The van der Waals surface area contributed by atoms with Gasteiger partial charge in [0, 0.05) is 18.3 Å². The van der Waals surface area contributed by atoms with Crippen LogP contribution in [0.4, 0.5) is 0 Å². The molecule has 1 aromatic heterocycles. The van der Waals surface area contributed by atoms with E-state index in [1.54, 1.807) is 6.20 Å². The Balaban J connectivity index is 2.17. The van der Waals surface area contributed by atoms with Crippen LogP contribution in [0.5, 0.6) is 0 Å². The van der Waals surface area contributed by atoms with E-state index in [0.29, 0.717) is 0 Å². The Hall–Kier alpha value is -1.34. The first-order valence-electron chi connectivity index (χ1n) is 5.77. The zero-order valence-electron chi connectivity index (χ0n) is 10.2. The Labute approximate surface area is 107 Å². The van der Waals surface area contributed by atoms with Crippen LogP contribution in [-0.4, -0.2) is 4.98 Å². The number of hydrogen-bond donors (Lipinski definition) is 0. The Morgan fingerprint density at radius 1 is 1.12 bits per heavy atom. The van der Waals surface area contributed by atoms with Crippen LogP contribution in [0.1, 0.15) is 27.8 Å². The summed E-state index contributed by atoms with van der Waals surface area (Å²) in [6, 6.07) is 12.4. The molecule has 0 fully saturated rings. The highest BCUT2D eigenvalue weighted by Gasteiger charge is 2.10. The molecule has 0 spiro atoms. The van der Waals surface area contributed by atoms with Crippen molar-refractivity contribution in [3.63, 3.8) is 0 Å². The molecule has 1 atom stereocenters. The molecule has 0 aliphatic rings. The van der Waals surface area contributed by atoms with Crippen molar-refractivity contribution in [2.24, 2.45) is 0 Å². The van der Waals surface area contributed by atoms with E-state index in [-0.39, 0.29) is 5.38 Å². The highest BCUT2D eigenvalue weighted by atomic mass is 35.5. The summed E-state index contributed by atoms with van der Waals surface area (Å²) in [7, 11) is 0. The second-order valence-electron chi connectivity index (χ2n) is 4.41. The van der Waals surface area contributed by atoms with Gasteiger partial charge in [0.2, 0.25) is 0 Å². The zero-order valence-corrected chi connectivity index (χ0v) is 10.9. The topological polar surface area (TPSA) is 12.9 Å². The monoisotopic (exact) mass is 245 g/mol. The van der Waals surface area contributed by atoms with Crippen molar-refractivity contribution in [1.82, 2.24) is 4.98 Å². The Bertz CT molecular complexity index is 473. The van der Waals surface area contributed by atoms with E-state index < -0.39 is 0 Å². The third-order valence-corrected chi connectivity index (χ3v) is 3.13. The quantitative estimate of drug-likeness (QED) is 0.738. The molecule has 1 nitrogen and oxygen atoms in total. The van der Waals surface area contributed by atoms with Gasteiger partial charge in [-0.15, -0.1) is 11.6 Å². The number of aryl methyl sites for hydroxylation is 2. The smallest absolute Gasteiger partial charge is 0.0640 e. The van der Waals surface area contributed by atoms with Gasteiger partial charge >= 0.3 is 0 Å². The van der Waals surface area contributed by atoms with Crippen molar-refractivity contribution < 1.29 is 0 Å². The molecule has 2 rings (SSSR count). The number of rotatable bonds is 3. The van der Waals surface area contributed by atoms with E-state index in [0.717, 1.165) is 12.1 Å². The molecule has 0 bridgehead atoms. The van der Waals surface area contributed by atoms with E-state index in [1.807, 2.05) is 18.2 Å². The second kappa shape index (κ2) is 5.33. The first-order chi connectivity index (χ1) is 8.15. The van der Waals surface area contributed by atoms with E-state index >= 15 is 0 Å². The first kappa shape index (κ1) is 12.1. The third-order valence-electron chi connectivity index (χ3n) is 2.72. The summed E-state index contributed by atoms with van der Waals surface area (Å²) in [5, 5.41) is -0.0106. The van der Waals surface area contributed by atoms with E-state index in [4.69, 9.17) is 11.6 Å². The number of nitrogens with zero attached hydrogens (tertiary/aromatic N) is 1. The maximum Gasteiger partial charge on any atom is 0.0640 e. The molecule has 1 aromatic carbocycles. The minimum Gasteiger partial charge on any atom is -0.261 e. The molecule has 0 N–H and O–H groups in total. The van der Waals surface area contributed by atoms with Crippen molar-refractivity contribution in [3.8, 4) is 0 Å². The van der Waals surface area contributed by atoms with Crippen LogP contribution in [-0.2, 0) is 6.42 Å². The summed E-state index contributed by atoms with van der Waals surface area (Å²) < 4.78 is 0.